The van der Waals surface area contributed by atoms with E-state index in [0.717, 1.165) is 22.0 Å². The molecule has 0 unspecified atom stereocenters. The van der Waals surface area contributed by atoms with E-state index in [1.165, 1.54) is 12.1 Å². The van der Waals surface area contributed by atoms with Crippen molar-refractivity contribution in [1.82, 2.24) is 4.98 Å². The molecule has 4 aromatic rings. The number of carboxylic acids is 1. The van der Waals surface area contributed by atoms with Gasteiger partial charge in [0.25, 0.3) is 0 Å². The Morgan fingerprint density at radius 2 is 1.59 bits per heavy atom. The van der Waals surface area contributed by atoms with E-state index in [2.05, 4.69) is 15.2 Å². The molecule has 1 aromatic heterocycles. The maximum absolute atomic E-state index is 10.9. The van der Waals surface area contributed by atoms with Gasteiger partial charge in [-0.2, -0.15) is 5.11 Å². The highest BCUT2D eigenvalue weighted by molar-refractivity contribution is 5.97. The summed E-state index contributed by atoms with van der Waals surface area (Å²) in [6.07, 6.45) is 0. The molecule has 0 aliphatic rings. The van der Waals surface area contributed by atoms with Gasteiger partial charge in [0.1, 0.15) is 0 Å². The fourth-order valence-electron chi connectivity index (χ4n) is 2.85. The minimum Gasteiger partial charge on any atom is -0.493 e. The lowest BCUT2D eigenvalue weighted by Crippen LogP contribution is -1.93. The molecule has 0 aliphatic heterocycles. The molecule has 0 aliphatic carbocycles. The largest absolute Gasteiger partial charge is 0.493 e. The van der Waals surface area contributed by atoms with Crippen LogP contribution in [0.4, 0.5) is 11.4 Å². The number of hydrogen-bond acceptors (Lipinski definition) is 4. The van der Waals surface area contributed by atoms with Gasteiger partial charge in [-0.15, -0.1) is 5.11 Å². The molecule has 0 saturated carbocycles. The van der Waals surface area contributed by atoms with Crippen molar-refractivity contribution in [1.29, 1.82) is 0 Å². The van der Waals surface area contributed by atoms with Crippen LogP contribution in [0.2, 0.25) is 0 Å². The molecule has 132 valence electrons. The molecule has 0 radical (unpaired) electrons. The molecule has 0 saturated heterocycles. The monoisotopic (exact) mass is 357 g/mol. The molecule has 6 nitrogen and oxygen atoms in total. The Labute approximate surface area is 154 Å². The number of carboxylic acid groups (broad SMARTS) is 1. The second-order valence-electron chi connectivity index (χ2n) is 6.00. The van der Waals surface area contributed by atoms with E-state index >= 15 is 0 Å². The van der Waals surface area contributed by atoms with Crippen LogP contribution in [0.15, 0.2) is 83.0 Å². The van der Waals surface area contributed by atoms with Crippen molar-refractivity contribution in [3.8, 4) is 17.0 Å². The highest BCUT2D eigenvalue weighted by atomic mass is 16.4. The number of hydrogen-bond donors (Lipinski definition) is 3. The quantitative estimate of drug-likeness (QED) is 0.411. The van der Waals surface area contributed by atoms with Crippen LogP contribution in [0.25, 0.3) is 22.0 Å². The van der Waals surface area contributed by atoms with Crippen LogP contribution in [-0.4, -0.2) is 21.2 Å². The van der Waals surface area contributed by atoms with Crippen molar-refractivity contribution in [2.45, 2.75) is 0 Å². The van der Waals surface area contributed by atoms with Gasteiger partial charge in [0.2, 0.25) is 5.88 Å². The number of rotatable bonds is 4. The van der Waals surface area contributed by atoms with Crippen molar-refractivity contribution < 1.29 is 15.0 Å². The minimum absolute atomic E-state index is 0.0684. The van der Waals surface area contributed by atoms with Gasteiger partial charge in [0, 0.05) is 5.39 Å². The SMILES string of the molecule is O=C(O)c1ccc(N=Nc2c(O)[nH]c3ccc(-c4ccccc4)cc23)cc1. The fourth-order valence-corrected chi connectivity index (χ4v) is 2.85. The number of nitrogens with one attached hydrogen (secondary N) is 1. The molecule has 1 heterocycles. The number of nitrogens with zero attached hydrogens (tertiary/aromatic N) is 2. The smallest absolute Gasteiger partial charge is 0.335 e. The third kappa shape index (κ3) is 3.28. The number of benzene rings is 3. The predicted octanol–water partition coefficient (Wildman–Crippen LogP) is 5.65. The van der Waals surface area contributed by atoms with E-state index in [1.54, 1.807) is 12.1 Å². The summed E-state index contributed by atoms with van der Waals surface area (Å²) >= 11 is 0. The Bertz CT molecular complexity index is 1150. The molecular formula is C21H15N3O3. The van der Waals surface area contributed by atoms with Crippen molar-refractivity contribution in [3.63, 3.8) is 0 Å². The summed E-state index contributed by atoms with van der Waals surface area (Å²) in [7, 11) is 0. The molecule has 0 amide bonds. The lowest BCUT2D eigenvalue weighted by atomic mass is 10.0. The standard InChI is InChI=1S/C21H15N3O3/c25-20-19(24-23-16-9-6-14(7-10-16)21(26)27)17-12-15(8-11-18(17)22-20)13-4-2-1-3-5-13/h1-12,22,25H,(H,26,27). The van der Waals surface area contributed by atoms with Gasteiger partial charge in [0.05, 0.1) is 16.8 Å². The summed E-state index contributed by atoms with van der Waals surface area (Å²) in [6, 6.07) is 21.8. The molecular weight excluding hydrogens is 342 g/mol. The molecule has 0 fully saturated rings. The van der Waals surface area contributed by atoms with Crippen LogP contribution in [0.1, 0.15) is 10.4 Å². The Morgan fingerprint density at radius 1 is 0.852 bits per heavy atom. The third-order valence-corrected chi connectivity index (χ3v) is 4.24. The third-order valence-electron chi connectivity index (χ3n) is 4.24. The van der Waals surface area contributed by atoms with Gasteiger partial charge in [-0.05, 0) is 47.5 Å². The molecule has 0 spiro atoms. The van der Waals surface area contributed by atoms with E-state index < -0.39 is 5.97 Å². The number of aromatic carboxylic acids is 1. The summed E-state index contributed by atoms with van der Waals surface area (Å²) in [4.78, 5) is 13.8. The molecule has 27 heavy (non-hydrogen) atoms. The first-order valence-electron chi connectivity index (χ1n) is 8.27. The Kier molecular flexibility index (Phi) is 4.14. The fraction of sp³-hybridized carbons (Fsp3) is 0. The number of fused-ring (bicyclic) bond motifs is 1. The topological polar surface area (TPSA) is 98.0 Å². The Hall–Kier alpha value is -3.93. The Morgan fingerprint density at radius 3 is 2.30 bits per heavy atom. The van der Waals surface area contributed by atoms with Crippen LogP contribution in [0.5, 0.6) is 5.88 Å². The molecule has 3 N–H and O–H groups in total. The number of carbonyl (C=O) groups is 1. The zero-order chi connectivity index (χ0) is 18.8. The summed E-state index contributed by atoms with van der Waals surface area (Å²) in [5.74, 6) is -1.07. The summed E-state index contributed by atoms with van der Waals surface area (Å²) in [6.45, 7) is 0. The van der Waals surface area contributed by atoms with Crippen molar-refractivity contribution in [2.75, 3.05) is 0 Å². The van der Waals surface area contributed by atoms with E-state index in [4.69, 9.17) is 5.11 Å². The van der Waals surface area contributed by atoms with Crippen LogP contribution >= 0.6 is 0 Å². The van der Waals surface area contributed by atoms with Gasteiger partial charge in [-0.1, -0.05) is 36.4 Å². The van der Waals surface area contributed by atoms with Crippen LogP contribution in [0.3, 0.4) is 0 Å². The first kappa shape index (κ1) is 16.5. The van der Waals surface area contributed by atoms with Gasteiger partial charge in [0.15, 0.2) is 5.69 Å². The first-order valence-corrected chi connectivity index (χ1v) is 8.27. The zero-order valence-electron chi connectivity index (χ0n) is 14.1. The zero-order valence-corrected chi connectivity index (χ0v) is 14.1. The number of aromatic nitrogens is 1. The molecule has 0 atom stereocenters. The van der Waals surface area contributed by atoms with Gasteiger partial charge in [-0.3, -0.25) is 0 Å². The van der Waals surface area contributed by atoms with E-state index in [1.807, 2.05) is 48.5 Å². The maximum atomic E-state index is 10.9. The number of azo groups is 1. The summed E-state index contributed by atoms with van der Waals surface area (Å²) in [5.41, 5.74) is 3.83. The van der Waals surface area contributed by atoms with E-state index in [0.29, 0.717) is 11.4 Å². The molecule has 4 rings (SSSR count). The van der Waals surface area contributed by atoms with Crippen molar-refractivity contribution >= 4 is 28.2 Å². The molecule has 3 aromatic carbocycles. The molecule has 0 bridgehead atoms. The average Bonchev–Trinajstić information content (AvgIpc) is 3.01. The van der Waals surface area contributed by atoms with Crippen LogP contribution in [0, 0.1) is 0 Å². The highest BCUT2D eigenvalue weighted by Gasteiger charge is 2.12. The predicted molar refractivity (Wildman–Crippen MR) is 103 cm³/mol. The lowest BCUT2D eigenvalue weighted by Gasteiger charge is -2.01. The minimum atomic E-state index is -0.999. The lowest BCUT2D eigenvalue weighted by molar-refractivity contribution is 0.0697. The second kappa shape index (κ2) is 6.76. The van der Waals surface area contributed by atoms with Crippen LogP contribution < -0.4 is 0 Å². The van der Waals surface area contributed by atoms with Gasteiger partial charge < -0.3 is 15.2 Å². The first-order chi connectivity index (χ1) is 13.1. The number of aromatic hydroxyl groups is 1. The Balaban J connectivity index is 1.72. The number of aromatic amines is 1. The van der Waals surface area contributed by atoms with Crippen molar-refractivity contribution in [2.24, 2.45) is 10.2 Å². The summed E-state index contributed by atoms with van der Waals surface area (Å²) in [5, 5.41) is 28.2. The average molecular weight is 357 g/mol. The van der Waals surface area contributed by atoms with Crippen molar-refractivity contribution in [3.05, 3.63) is 78.4 Å². The molecule has 6 heteroatoms. The summed E-state index contributed by atoms with van der Waals surface area (Å²) < 4.78 is 0. The normalized spacial score (nSPS) is 11.3. The van der Waals surface area contributed by atoms with Crippen LogP contribution in [-0.2, 0) is 0 Å². The van der Waals surface area contributed by atoms with Gasteiger partial charge >= 0.3 is 5.97 Å². The van der Waals surface area contributed by atoms with E-state index in [9.17, 15) is 9.90 Å². The maximum Gasteiger partial charge on any atom is 0.335 e. The number of H-pyrrole nitrogens is 1. The highest BCUT2D eigenvalue weighted by Crippen LogP contribution is 2.38. The van der Waals surface area contributed by atoms with Gasteiger partial charge in [-0.25, -0.2) is 4.79 Å². The second-order valence-corrected chi connectivity index (χ2v) is 6.00. The van der Waals surface area contributed by atoms with E-state index in [-0.39, 0.29) is 11.4 Å².